The summed E-state index contributed by atoms with van der Waals surface area (Å²) in [6.45, 7) is 1.88. The van der Waals surface area contributed by atoms with E-state index < -0.39 is 65.1 Å². The molecule has 3 N–H and O–H groups in total. The molecular formula is C22H21F6N3O4. The number of alkyl halides is 5. The van der Waals surface area contributed by atoms with Crippen LogP contribution in [0.2, 0.25) is 0 Å². The molecule has 1 saturated heterocycles. The Bertz CT molecular complexity index is 1140. The van der Waals surface area contributed by atoms with Crippen molar-refractivity contribution in [1.29, 1.82) is 0 Å². The largest absolute Gasteiger partial charge is 0.496 e. The molecular weight excluding hydrogens is 484 g/mol. The molecule has 0 bridgehead atoms. The van der Waals surface area contributed by atoms with E-state index in [-0.39, 0.29) is 16.9 Å². The highest BCUT2D eigenvalue weighted by atomic mass is 19.4. The zero-order valence-corrected chi connectivity index (χ0v) is 18.6. The Morgan fingerprint density at radius 3 is 2.46 bits per heavy atom. The number of primary amides is 1. The summed E-state index contributed by atoms with van der Waals surface area (Å²) in [6.07, 6.45) is -9.00. The highest BCUT2D eigenvalue weighted by molar-refractivity contribution is 5.97. The number of rotatable bonds is 6. The van der Waals surface area contributed by atoms with Crippen molar-refractivity contribution in [3.63, 3.8) is 0 Å². The summed E-state index contributed by atoms with van der Waals surface area (Å²) in [7, 11) is 0.963. The highest BCUT2D eigenvalue weighted by Gasteiger charge is 2.66. The molecule has 1 aliphatic heterocycles. The normalized spacial score (nSPS) is 24.5. The smallest absolute Gasteiger partial charge is 0.417 e. The summed E-state index contributed by atoms with van der Waals surface area (Å²) in [5.41, 5.74) is 0.654. The molecule has 7 nitrogen and oxygen atoms in total. The molecule has 2 heterocycles. The minimum atomic E-state index is -4.95. The lowest BCUT2D eigenvalue weighted by Crippen LogP contribution is -2.47. The fourth-order valence-electron chi connectivity index (χ4n) is 4.17. The lowest BCUT2D eigenvalue weighted by Gasteiger charge is -2.32. The third kappa shape index (κ3) is 4.64. The maximum atomic E-state index is 14.1. The van der Waals surface area contributed by atoms with E-state index >= 15 is 0 Å². The van der Waals surface area contributed by atoms with Crippen molar-refractivity contribution in [3.8, 4) is 5.75 Å². The van der Waals surface area contributed by atoms with Crippen molar-refractivity contribution in [2.75, 3.05) is 12.4 Å². The zero-order valence-electron chi connectivity index (χ0n) is 18.6. The molecule has 1 aliphatic rings. The molecule has 0 unspecified atom stereocenters. The van der Waals surface area contributed by atoms with E-state index in [9.17, 15) is 35.9 Å². The monoisotopic (exact) mass is 505 g/mol. The van der Waals surface area contributed by atoms with Crippen LogP contribution in [-0.2, 0) is 9.53 Å². The standard InChI is InChI=1S/C22H21F6N3O4/c1-9-14(11-4-5-12(23)15(18(24)25)16(11)34-3)17(35-21(9,2)22(26,27)28)20(33)31-10-6-7-30-13(8-10)19(29)32/h4-9,14,17-18H,1-3H3,(H2,29,32)(H,30,31,33)/t9-,14+,17-,21-/m1/s1. The number of nitrogens with two attached hydrogens (primary N) is 1. The van der Waals surface area contributed by atoms with E-state index in [2.05, 4.69) is 10.3 Å². The second-order valence-corrected chi connectivity index (χ2v) is 8.13. The first-order chi connectivity index (χ1) is 16.2. The maximum Gasteiger partial charge on any atom is 0.417 e. The Kier molecular flexibility index (Phi) is 7.02. The van der Waals surface area contributed by atoms with Gasteiger partial charge in [-0.2, -0.15) is 13.2 Å². The number of hydrogen-bond donors (Lipinski definition) is 2. The molecule has 1 aromatic heterocycles. The van der Waals surface area contributed by atoms with E-state index in [1.807, 2.05) is 0 Å². The number of nitrogens with one attached hydrogen (secondary N) is 1. The number of pyridine rings is 1. The molecule has 2 aromatic rings. The van der Waals surface area contributed by atoms with Crippen molar-refractivity contribution in [3.05, 3.63) is 53.1 Å². The maximum absolute atomic E-state index is 14.1. The van der Waals surface area contributed by atoms with Crippen molar-refractivity contribution in [1.82, 2.24) is 4.98 Å². The SMILES string of the molecule is COc1c([C@@H]2[C@@H](C)[C@](C)(C(F)(F)F)O[C@H]2C(=O)Nc2ccnc(C(N)=O)c2)ccc(F)c1C(F)F. The second-order valence-electron chi connectivity index (χ2n) is 8.13. The summed E-state index contributed by atoms with van der Waals surface area (Å²) in [5.74, 6) is -6.92. The van der Waals surface area contributed by atoms with Crippen LogP contribution in [-0.4, -0.2) is 41.8 Å². The van der Waals surface area contributed by atoms with Crippen LogP contribution in [0.15, 0.2) is 30.5 Å². The van der Waals surface area contributed by atoms with Gasteiger partial charge in [0, 0.05) is 29.3 Å². The minimum Gasteiger partial charge on any atom is -0.496 e. The molecule has 1 fully saturated rings. The summed E-state index contributed by atoms with van der Waals surface area (Å²) < 4.78 is 93.6. The topological polar surface area (TPSA) is 104 Å². The quantitative estimate of drug-likeness (QED) is 0.569. The third-order valence-corrected chi connectivity index (χ3v) is 6.16. The number of ether oxygens (including phenoxy) is 2. The van der Waals surface area contributed by atoms with Gasteiger partial charge in [0.05, 0.1) is 12.7 Å². The van der Waals surface area contributed by atoms with E-state index in [1.54, 1.807) is 0 Å². The number of methoxy groups -OCH3 is 1. The summed E-state index contributed by atoms with van der Waals surface area (Å²) >= 11 is 0. The van der Waals surface area contributed by atoms with Crippen LogP contribution in [0.5, 0.6) is 5.75 Å². The summed E-state index contributed by atoms with van der Waals surface area (Å²) in [5, 5.41) is 2.33. The summed E-state index contributed by atoms with van der Waals surface area (Å²) in [4.78, 5) is 28.2. The molecule has 35 heavy (non-hydrogen) atoms. The Morgan fingerprint density at radius 2 is 1.91 bits per heavy atom. The molecule has 4 atom stereocenters. The first kappa shape index (κ1) is 26.3. The Hall–Kier alpha value is -3.35. The van der Waals surface area contributed by atoms with Gasteiger partial charge in [0.15, 0.2) is 5.60 Å². The van der Waals surface area contributed by atoms with Gasteiger partial charge in [-0.1, -0.05) is 13.0 Å². The van der Waals surface area contributed by atoms with Gasteiger partial charge in [0.1, 0.15) is 23.4 Å². The number of amides is 2. The Balaban J connectivity index is 2.12. The van der Waals surface area contributed by atoms with Crippen molar-refractivity contribution < 1.29 is 45.4 Å². The van der Waals surface area contributed by atoms with E-state index in [0.29, 0.717) is 6.07 Å². The molecule has 2 amide bonds. The van der Waals surface area contributed by atoms with E-state index in [0.717, 1.165) is 39.3 Å². The first-order valence-corrected chi connectivity index (χ1v) is 10.2. The molecule has 1 aromatic carbocycles. The number of benzene rings is 1. The van der Waals surface area contributed by atoms with Crippen molar-refractivity contribution in [2.24, 2.45) is 11.7 Å². The van der Waals surface area contributed by atoms with Crippen LogP contribution < -0.4 is 15.8 Å². The summed E-state index contributed by atoms with van der Waals surface area (Å²) in [6, 6.07) is 4.02. The average Bonchev–Trinajstić information content (AvgIpc) is 3.05. The van der Waals surface area contributed by atoms with Crippen molar-refractivity contribution in [2.45, 2.75) is 44.1 Å². The van der Waals surface area contributed by atoms with E-state index in [1.165, 1.54) is 6.07 Å². The van der Waals surface area contributed by atoms with Gasteiger partial charge < -0.3 is 20.5 Å². The fraction of sp³-hybridized carbons (Fsp3) is 0.409. The number of aromatic nitrogens is 1. The molecule has 0 radical (unpaired) electrons. The molecule has 3 rings (SSSR count). The second kappa shape index (κ2) is 9.36. The van der Waals surface area contributed by atoms with Crippen LogP contribution >= 0.6 is 0 Å². The van der Waals surface area contributed by atoms with Crippen molar-refractivity contribution >= 4 is 17.5 Å². The molecule has 0 aliphatic carbocycles. The molecule has 13 heteroatoms. The van der Waals surface area contributed by atoms with Crippen LogP contribution in [0, 0.1) is 11.7 Å². The number of carbonyl (C=O) groups is 2. The lowest BCUT2D eigenvalue weighted by molar-refractivity contribution is -0.272. The first-order valence-electron chi connectivity index (χ1n) is 10.2. The fourth-order valence-corrected chi connectivity index (χ4v) is 4.17. The average molecular weight is 505 g/mol. The predicted octanol–water partition coefficient (Wildman–Crippen LogP) is 4.34. The van der Waals surface area contributed by atoms with Gasteiger partial charge in [-0.15, -0.1) is 0 Å². The van der Waals surface area contributed by atoms with Crippen LogP contribution in [0.4, 0.5) is 32.0 Å². The molecule has 0 spiro atoms. The lowest BCUT2D eigenvalue weighted by atomic mass is 9.76. The van der Waals surface area contributed by atoms with Gasteiger partial charge in [-0.05, 0) is 25.1 Å². The third-order valence-electron chi connectivity index (χ3n) is 6.16. The zero-order chi connectivity index (χ0) is 26.3. The van der Waals surface area contributed by atoms with Crippen LogP contribution in [0.1, 0.15) is 47.8 Å². The van der Waals surface area contributed by atoms with Gasteiger partial charge >= 0.3 is 6.18 Å². The van der Waals surface area contributed by atoms with Crippen LogP contribution in [0.3, 0.4) is 0 Å². The van der Waals surface area contributed by atoms with Gasteiger partial charge in [0.25, 0.3) is 18.2 Å². The van der Waals surface area contributed by atoms with E-state index in [4.69, 9.17) is 15.2 Å². The predicted molar refractivity (Wildman–Crippen MR) is 111 cm³/mol. The van der Waals surface area contributed by atoms with Gasteiger partial charge in [-0.25, -0.2) is 13.2 Å². The molecule has 190 valence electrons. The van der Waals surface area contributed by atoms with Gasteiger partial charge in [0.2, 0.25) is 0 Å². The number of carbonyl (C=O) groups excluding carboxylic acids is 2. The molecule has 0 saturated carbocycles. The number of hydrogen-bond acceptors (Lipinski definition) is 5. The minimum absolute atomic E-state index is 0.0197. The highest BCUT2D eigenvalue weighted by Crippen LogP contribution is 2.55. The number of nitrogens with zero attached hydrogens (tertiary/aromatic N) is 1. The van der Waals surface area contributed by atoms with Gasteiger partial charge in [-0.3, -0.25) is 14.6 Å². The Labute approximate surface area is 195 Å². The number of halogens is 6. The Morgan fingerprint density at radius 1 is 1.26 bits per heavy atom. The number of anilines is 1. The van der Waals surface area contributed by atoms with Crippen LogP contribution in [0.25, 0.3) is 0 Å².